The quantitative estimate of drug-likeness (QED) is 0.321. The van der Waals surface area contributed by atoms with Gasteiger partial charge in [0.1, 0.15) is 6.61 Å². The second-order valence-electron chi connectivity index (χ2n) is 6.07. The summed E-state index contributed by atoms with van der Waals surface area (Å²) < 4.78 is 8.08. The van der Waals surface area contributed by atoms with E-state index in [2.05, 4.69) is 67.8 Å². The monoisotopic (exact) mass is 725 g/mol. The smallest absolute Gasteiger partial charge is 0.549 e. The van der Waals surface area contributed by atoms with Crippen LogP contribution in [0, 0.1) is 10.7 Å². The van der Waals surface area contributed by atoms with E-state index in [0.29, 0.717) is 25.1 Å². The van der Waals surface area contributed by atoms with Crippen LogP contribution in [-0.4, -0.2) is 31.6 Å². The molecule has 3 rings (SSSR count). The molecule has 0 saturated carbocycles. The summed E-state index contributed by atoms with van der Waals surface area (Å²) in [7, 11) is 0. The van der Waals surface area contributed by atoms with Gasteiger partial charge in [-0.25, -0.2) is 0 Å². The standard InChI is InChI=1S/C19H16I3NO4.Na/c20-14-9-15(21)18(23-6-7-27-10-16(23)24)17(22)13(14)8-12(19(25)26)11-4-2-1-3-5-11;/h1-5,9,12H,6-8,10H2,(H,25,26);/q;+1/p-1. The molecule has 1 fully saturated rings. The molecule has 9 heteroatoms. The van der Waals surface area contributed by atoms with Crippen molar-refractivity contribution in [3.8, 4) is 0 Å². The Bertz CT molecular complexity index is 879. The number of hydrogen-bond acceptors (Lipinski definition) is 4. The molecule has 0 bridgehead atoms. The van der Waals surface area contributed by atoms with Crippen LogP contribution in [0.3, 0.4) is 0 Å². The van der Waals surface area contributed by atoms with Crippen LogP contribution in [0.25, 0.3) is 0 Å². The van der Waals surface area contributed by atoms with Crippen molar-refractivity contribution in [1.29, 1.82) is 0 Å². The molecule has 1 aliphatic rings. The zero-order valence-electron chi connectivity index (χ0n) is 15.1. The van der Waals surface area contributed by atoms with E-state index in [1.54, 1.807) is 17.0 Å². The molecule has 0 aromatic heterocycles. The van der Waals surface area contributed by atoms with Crippen molar-refractivity contribution in [1.82, 2.24) is 0 Å². The van der Waals surface area contributed by atoms with Gasteiger partial charge in [-0.2, -0.15) is 0 Å². The first-order valence-electron chi connectivity index (χ1n) is 8.20. The maximum Gasteiger partial charge on any atom is 1.00 e. The van der Waals surface area contributed by atoms with Crippen molar-refractivity contribution in [2.75, 3.05) is 24.7 Å². The number of amides is 1. The van der Waals surface area contributed by atoms with Gasteiger partial charge in [0.05, 0.1) is 12.3 Å². The van der Waals surface area contributed by atoms with E-state index in [4.69, 9.17) is 4.74 Å². The molecule has 28 heavy (non-hydrogen) atoms. The Morgan fingerprint density at radius 2 is 1.86 bits per heavy atom. The number of morpholine rings is 1. The molecule has 1 heterocycles. The molecule has 2 aromatic rings. The van der Waals surface area contributed by atoms with E-state index in [9.17, 15) is 14.7 Å². The van der Waals surface area contributed by atoms with Crippen molar-refractivity contribution in [3.05, 3.63) is 58.2 Å². The van der Waals surface area contributed by atoms with Crippen LogP contribution in [-0.2, 0) is 20.7 Å². The Hall–Kier alpha value is 0.530. The van der Waals surface area contributed by atoms with E-state index in [1.807, 2.05) is 24.3 Å². The minimum absolute atomic E-state index is 0. The van der Waals surface area contributed by atoms with Crippen molar-refractivity contribution in [2.24, 2.45) is 0 Å². The Balaban J connectivity index is 0.00000280. The van der Waals surface area contributed by atoms with Gasteiger partial charge in [-0.3, -0.25) is 4.79 Å². The molecular formula is C19H15I3NNaO4. The fourth-order valence-corrected chi connectivity index (χ4v) is 7.43. The van der Waals surface area contributed by atoms with Crippen molar-refractivity contribution < 1.29 is 49.0 Å². The number of carboxylic acid groups (broad SMARTS) is 1. The molecule has 142 valence electrons. The number of halogens is 3. The Morgan fingerprint density at radius 1 is 1.18 bits per heavy atom. The summed E-state index contributed by atoms with van der Waals surface area (Å²) in [5.41, 5.74) is 2.47. The first-order valence-corrected chi connectivity index (χ1v) is 11.4. The molecule has 2 aromatic carbocycles. The predicted octanol–water partition coefficient (Wildman–Crippen LogP) is -0.0562. The number of hydrogen-bond donors (Lipinski definition) is 0. The van der Waals surface area contributed by atoms with Crippen LogP contribution in [0.2, 0.25) is 0 Å². The fourth-order valence-electron chi connectivity index (χ4n) is 3.04. The van der Waals surface area contributed by atoms with Gasteiger partial charge in [0.2, 0.25) is 0 Å². The van der Waals surface area contributed by atoms with E-state index >= 15 is 0 Å². The Morgan fingerprint density at radius 3 is 2.46 bits per heavy atom. The average molecular weight is 725 g/mol. The topological polar surface area (TPSA) is 69.7 Å². The van der Waals surface area contributed by atoms with E-state index in [1.165, 1.54) is 0 Å². The normalized spacial score (nSPS) is 15.1. The largest absolute Gasteiger partial charge is 1.00 e. The third-order valence-electron chi connectivity index (χ3n) is 4.39. The molecule has 0 aliphatic carbocycles. The summed E-state index contributed by atoms with van der Waals surface area (Å²) in [6, 6.07) is 11.1. The predicted molar refractivity (Wildman–Crippen MR) is 126 cm³/mol. The second-order valence-corrected chi connectivity index (χ2v) is 9.47. The fraction of sp³-hybridized carbons (Fsp3) is 0.263. The number of ether oxygens (including phenoxy) is 1. The summed E-state index contributed by atoms with van der Waals surface area (Å²) in [6.45, 7) is 1.05. The van der Waals surface area contributed by atoms with Gasteiger partial charge in [-0.15, -0.1) is 0 Å². The number of carbonyl (C=O) groups is 2. The molecule has 0 radical (unpaired) electrons. The molecule has 0 spiro atoms. The van der Waals surface area contributed by atoms with Gasteiger partial charge in [-0.05, 0) is 91.4 Å². The van der Waals surface area contributed by atoms with Crippen LogP contribution in [0.15, 0.2) is 36.4 Å². The van der Waals surface area contributed by atoms with Crippen LogP contribution < -0.4 is 39.6 Å². The number of carboxylic acids is 1. The number of carbonyl (C=O) groups excluding carboxylic acids is 2. The zero-order chi connectivity index (χ0) is 19.6. The van der Waals surface area contributed by atoms with Gasteiger partial charge in [-0.1, -0.05) is 30.3 Å². The second kappa shape index (κ2) is 11.2. The first kappa shape index (κ1) is 24.8. The maximum atomic E-state index is 12.3. The number of benzene rings is 2. The molecular weight excluding hydrogens is 710 g/mol. The van der Waals surface area contributed by atoms with Gasteiger partial charge in [0.25, 0.3) is 5.91 Å². The van der Waals surface area contributed by atoms with Crippen LogP contribution in [0.1, 0.15) is 17.0 Å². The number of rotatable bonds is 5. The van der Waals surface area contributed by atoms with Crippen molar-refractivity contribution >= 4 is 85.3 Å². The Labute approximate surface area is 226 Å². The summed E-state index contributed by atoms with van der Waals surface area (Å²) in [5, 5.41) is 11.8. The summed E-state index contributed by atoms with van der Waals surface area (Å²) in [6.07, 6.45) is 0.311. The van der Waals surface area contributed by atoms with Crippen LogP contribution in [0.5, 0.6) is 0 Å². The van der Waals surface area contributed by atoms with Crippen LogP contribution >= 0.6 is 67.8 Å². The van der Waals surface area contributed by atoms with Gasteiger partial charge in [0.15, 0.2) is 0 Å². The third kappa shape index (κ3) is 5.61. The molecule has 1 saturated heterocycles. The summed E-state index contributed by atoms with van der Waals surface area (Å²) in [5.74, 6) is -1.93. The van der Waals surface area contributed by atoms with Crippen molar-refractivity contribution in [2.45, 2.75) is 12.3 Å². The van der Waals surface area contributed by atoms with E-state index in [0.717, 1.165) is 22.0 Å². The average Bonchev–Trinajstić information content (AvgIpc) is 2.63. The van der Waals surface area contributed by atoms with Gasteiger partial charge < -0.3 is 19.5 Å². The molecule has 1 amide bonds. The number of anilines is 1. The van der Waals surface area contributed by atoms with Gasteiger partial charge in [0, 0.05) is 29.1 Å². The van der Waals surface area contributed by atoms with E-state index in [-0.39, 0.29) is 42.1 Å². The zero-order valence-corrected chi connectivity index (χ0v) is 23.6. The molecule has 0 N–H and O–H groups in total. The molecule has 1 aliphatic heterocycles. The SMILES string of the molecule is O=C([O-])C(Cc1c(I)cc(I)c(N2CCOCC2=O)c1I)c1ccccc1.[Na+]. The summed E-state index contributed by atoms with van der Waals surface area (Å²) >= 11 is 6.68. The van der Waals surface area contributed by atoms with E-state index < -0.39 is 11.9 Å². The third-order valence-corrected chi connectivity index (χ3v) is 7.34. The van der Waals surface area contributed by atoms with Gasteiger partial charge >= 0.3 is 29.6 Å². The molecule has 5 nitrogen and oxygen atoms in total. The first-order chi connectivity index (χ1) is 12.9. The number of nitrogens with zero attached hydrogens (tertiary/aromatic N) is 1. The summed E-state index contributed by atoms with van der Waals surface area (Å²) in [4.78, 5) is 25.9. The Kier molecular flexibility index (Phi) is 9.95. The maximum absolute atomic E-state index is 12.3. The minimum Gasteiger partial charge on any atom is -0.549 e. The van der Waals surface area contributed by atoms with Crippen LogP contribution in [0.4, 0.5) is 5.69 Å². The number of aliphatic carboxylic acids is 1. The molecule has 1 unspecified atom stereocenters. The minimum atomic E-state index is -1.10. The molecule has 1 atom stereocenters. The van der Waals surface area contributed by atoms with Crippen molar-refractivity contribution in [3.63, 3.8) is 0 Å².